The third-order valence-electron chi connectivity index (χ3n) is 2.95. The second kappa shape index (κ2) is 6.24. The molecule has 7 heteroatoms. The number of aromatic nitrogens is 2. The van der Waals surface area contributed by atoms with Gasteiger partial charge in [-0.1, -0.05) is 41.8 Å². The molecular weight excluding hydrogens is 284 g/mol. The highest BCUT2D eigenvalue weighted by atomic mass is 32.2. The van der Waals surface area contributed by atoms with E-state index in [1.165, 1.54) is 0 Å². The van der Waals surface area contributed by atoms with Gasteiger partial charge in [0.25, 0.3) is 0 Å². The van der Waals surface area contributed by atoms with Crippen molar-refractivity contribution in [3.8, 4) is 6.07 Å². The van der Waals surface area contributed by atoms with Gasteiger partial charge in [0.2, 0.25) is 0 Å². The van der Waals surface area contributed by atoms with Gasteiger partial charge in [0, 0.05) is 5.75 Å². The second-order valence-electron chi connectivity index (χ2n) is 4.21. The Balaban J connectivity index is 1.99. The highest BCUT2D eigenvalue weighted by molar-refractivity contribution is 8.03. The average molecular weight is 300 g/mol. The van der Waals surface area contributed by atoms with Gasteiger partial charge in [0.05, 0.1) is 6.07 Å². The van der Waals surface area contributed by atoms with Crippen LogP contribution in [0.5, 0.6) is 0 Å². The molecule has 0 saturated heterocycles. The minimum Gasteiger partial charge on any atom is -0.299 e. The summed E-state index contributed by atoms with van der Waals surface area (Å²) in [6, 6.07) is 2.49. The quantitative estimate of drug-likeness (QED) is 0.781. The van der Waals surface area contributed by atoms with Gasteiger partial charge in [-0.05, 0) is 31.6 Å². The van der Waals surface area contributed by atoms with Crippen molar-refractivity contribution in [3.05, 3.63) is 0 Å². The van der Waals surface area contributed by atoms with E-state index in [1.54, 1.807) is 34.9 Å². The van der Waals surface area contributed by atoms with Gasteiger partial charge >= 0.3 is 0 Å². The SMILES string of the molecule is CCNC(C#N)(CSc1nnc(SC)s1)C1CC1. The Morgan fingerprint density at radius 3 is 2.72 bits per heavy atom. The zero-order valence-corrected chi connectivity index (χ0v) is 12.9. The number of hydrogen-bond acceptors (Lipinski definition) is 7. The van der Waals surface area contributed by atoms with Gasteiger partial charge in [0.1, 0.15) is 5.54 Å². The molecule has 0 amide bonds. The fourth-order valence-corrected chi connectivity index (χ4v) is 4.55. The Morgan fingerprint density at radius 2 is 2.22 bits per heavy atom. The van der Waals surface area contributed by atoms with Crippen molar-refractivity contribution in [2.24, 2.45) is 5.92 Å². The van der Waals surface area contributed by atoms with Gasteiger partial charge in [-0.25, -0.2) is 0 Å². The summed E-state index contributed by atoms with van der Waals surface area (Å²) in [4.78, 5) is 0. The van der Waals surface area contributed by atoms with Crippen LogP contribution in [0.15, 0.2) is 8.68 Å². The van der Waals surface area contributed by atoms with Gasteiger partial charge in [0.15, 0.2) is 8.68 Å². The van der Waals surface area contributed by atoms with Crippen LogP contribution in [0.4, 0.5) is 0 Å². The summed E-state index contributed by atoms with van der Waals surface area (Å²) < 4.78 is 1.94. The van der Waals surface area contributed by atoms with Crippen LogP contribution in [-0.2, 0) is 0 Å². The lowest BCUT2D eigenvalue weighted by atomic mass is 9.98. The summed E-state index contributed by atoms with van der Waals surface area (Å²) in [6.07, 6.45) is 4.32. The topological polar surface area (TPSA) is 61.6 Å². The van der Waals surface area contributed by atoms with Crippen LogP contribution in [0.2, 0.25) is 0 Å². The molecule has 1 unspecified atom stereocenters. The van der Waals surface area contributed by atoms with Crippen molar-refractivity contribution in [2.75, 3.05) is 18.6 Å². The molecule has 1 aromatic rings. The Labute approximate surface area is 120 Å². The molecule has 1 aliphatic rings. The first-order valence-corrected chi connectivity index (χ1v) is 8.93. The van der Waals surface area contributed by atoms with Crippen LogP contribution in [0.25, 0.3) is 0 Å². The number of nitrogens with zero attached hydrogens (tertiary/aromatic N) is 3. The summed E-state index contributed by atoms with van der Waals surface area (Å²) in [5.74, 6) is 1.26. The smallest absolute Gasteiger partial charge is 0.175 e. The molecule has 0 radical (unpaired) electrons. The fraction of sp³-hybridized carbons (Fsp3) is 0.727. The summed E-state index contributed by atoms with van der Waals surface area (Å²) in [7, 11) is 0. The number of nitrogens with one attached hydrogen (secondary N) is 1. The summed E-state index contributed by atoms with van der Waals surface area (Å²) in [5.41, 5.74) is -0.384. The molecule has 2 rings (SSSR count). The van der Waals surface area contributed by atoms with Crippen molar-refractivity contribution in [2.45, 2.75) is 34.0 Å². The standard InChI is InChI=1S/C11H16N4S3/c1-3-13-11(6-12,8-4-5-8)7-17-10-15-14-9(16-2)18-10/h8,13H,3-5,7H2,1-2H3. The lowest BCUT2D eigenvalue weighted by molar-refractivity contribution is 0.416. The molecule has 1 aromatic heterocycles. The number of hydrogen-bond donors (Lipinski definition) is 1. The van der Waals surface area contributed by atoms with Crippen LogP contribution in [-0.4, -0.2) is 34.3 Å². The third-order valence-corrected chi connectivity index (χ3v) is 6.18. The van der Waals surface area contributed by atoms with Crippen molar-refractivity contribution >= 4 is 34.9 Å². The van der Waals surface area contributed by atoms with Crippen LogP contribution >= 0.6 is 34.9 Å². The van der Waals surface area contributed by atoms with Gasteiger partial charge < -0.3 is 0 Å². The third kappa shape index (κ3) is 3.18. The highest BCUT2D eigenvalue weighted by Crippen LogP contribution is 2.42. The summed E-state index contributed by atoms with van der Waals surface area (Å²) in [6.45, 7) is 2.88. The molecule has 1 saturated carbocycles. The van der Waals surface area contributed by atoms with E-state index in [4.69, 9.17) is 0 Å². The van der Waals surface area contributed by atoms with E-state index < -0.39 is 0 Å². The van der Waals surface area contributed by atoms with Crippen LogP contribution < -0.4 is 5.32 Å². The highest BCUT2D eigenvalue weighted by Gasteiger charge is 2.45. The lowest BCUT2D eigenvalue weighted by Crippen LogP contribution is -2.48. The van der Waals surface area contributed by atoms with Crippen molar-refractivity contribution < 1.29 is 0 Å². The molecule has 1 heterocycles. The molecule has 1 N–H and O–H groups in total. The molecule has 1 atom stereocenters. The Bertz CT molecular complexity index is 438. The number of thioether (sulfide) groups is 2. The van der Waals surface area contributed by atoms with Crippen molar-refractivity contribution in [3.63, 3.8) is 0 Å². The largest absolute Gasteiger partial charge is 0.299 e. The van der Waals surface area contributed by atoms with Crippen LogP contribution in [0.1, 0.15) is 19.8 Å². The molecule has 0 bridgehead atoms. The van der Waals surface area contributed by atoms with Gasteiger partial charge in [-0.15, -0.1) is 10.2 Å². The lowest BCUT2D eigenvalue weighted by Gasteiger charge is -2.26. The maximum atomic E-state index is 9.48. The minimum absolute atomic E-state index is 0.384. The monoisotopic (exact) mass is 300 g/mol. The predicted molar refractivity (Wildman–Crippen MR) is 77.2 cm³/mol. The summed E-state index contributed by atoms with van der Waals surface area (Å²) >= 11 is 4.85. The minimum atomic E-state index is -0.384. The Kier molecular flexibility index (Phi) is 4.90. The van der Waals surface area contributed by atoms with E-state index in [9.17, 15) is 5.26 Å². The van der Waals surface area contributed by atoms with E-state index in [2.05, 4.69) is 28.5 Å². The van der Waals surface area contributed by atoms with Crippen LogP contribution in [0, 0.1) is 17.2 Å². The van der Waals surface area contributed by atoms with E-state index in [1.807, 2.05) is 6.26 Å². The van der Waals surface area contributed by atoms with E-state index in [0.717, 1.165) is 33.8 Å². The summed E-state index contributed by atoms with van der Waals surface area (Å²) in [5, 5.41) is 21.1. The van der Waals surface area contributed by atoms with Crippen molar-refractivity contribution in [1.29, 1.82) is 5.26 Å². The molecule has 4 nitrogen and oxygen atoms in total. The Hall–Kier alpha value is -0.290. The van der Waals surface area contributed by atoms with Crippen molar-refractivity contribution in [1.82, 2.24) is 15.5 Å². The predicted octanol–water partition coefficient (Wildman–Crippen LogP) is 2.63. The number of rotatable bonds is 7. The zero-order valence-electron chi connectivity index (χ0n) is 10.5. The first kappa shape index (κ1) is 14.1. The second-order valence-corrected chi connectivity index (χ2v) is 7.47. The maximum Gasteiger partial charge on any atom is 0.175 e. The molecule has 0 spiro atoms. The molecule has 1 aliphatic carbocycles. The first-order chi connectivity index (χ1) is 8.74. The molecule has 0 aliphatic heterocycles. The van der Waals surface area contributed by atoms with Gasteiger partial charge in [-0.2, -0.15) is 5.26 Å². The fourth-order valence-electron chi connectivity index (χ4n) is 1.88. The average Bonchev–Trinajstić information content (AvgIpc) is 3.14. The van der Waals surface area contributed by atoms with E-state index >= 15 is 0 Å². The molecule has 98 valence electrons. The molecule has 1 fully saturated rings. The molecular formula is C11H16N4S3. The van der Waals surface area contributed by atoms with Gasteiger partial charge in [-0.3, -0.25) is 5.32 Å². The molecule has 18 heavy (non-hydrogen) atoms. The molecule has 0 aromatic carbocycles. The van der Waals surface area contributed by atoms with E-state index in [-0.39, 0.29) is 5.54 Å². The normalized spacial score (nSPS) is 18.3. The van der Waals surface area contributed by atoms with Crippen LogP contribution in [0.3, 0.4) is 0 Å². The maximum absolute atomic E-state index is 9.48. The number of nitriles is 1. The zero-order chi connectivity index (χ0) is 13.0. The first-order valence-electron chi connectivity index (χ1n) is 5.90. The van der Waals surface area contributed by atoms with E-state index in [0.29, 0.717) is 5.92 Å². The Morgan fingerprint density at radius 1 is 1.50 bits per heavy atom.